The lowest BCUT2D eigenvalue weighted by Crippen LogP contribution is -2.43. The third-order valence-corrected chi connectivity index (χ3v) is 8.63. The molecule has 0 aromatic heterocycles. The summed E-state index contributed by atoms with van der Waals surface area (Å²) in [5.41, 5.74) is 0.124. The Labute approximate surface area is 163 Å². The molecule has 1 aromatic rings. The molecule has 3 unspecified atom stereocenters. The number of Topliss-reactive ketones (excluding diaryl/α,β-unsaturated/α-hetero) is 1. The molecule has 3 atom stereocenters. The van der Waals surface area contributed by atoms with E-state index in [1.807, 2.05) is 26.0 Å². The summed E-state index contributed by atoms with van der Waals surface area (Å²) in [7, 11) is -3.84. The van der Waals surface area contributed by atoms with E-state index in [1.54, 1.807) is 12.1 Å². The number of carbonyl (C=O) groups is 1. The molecular weight excluding hydrogens is 360 g/mol. The van der Waals surface area contributed by atoms with Gasteiger partial charge >= 0.3 is 10.1 Å². The zero-order valence-corrected chi connectivity index (χ0v) is 17.9. The van der Waals surface area contributed by atoms with Crippen molar-refractivity contribution in [3.63, 3.8) is 0 Å². The van der Waals surface area contributed by atoms with Crippen LogP contribution in [0.4, 0.5) is 0 Å². The van der Waals surface area contributed by atoms with Gasteiger partial charge in [0.1, 0.15) is 11.5 Å². The van der Waals surface area contributed by atoms with Crippen LogP contribution in [0.5, 0.6) is 5.75 Å². The second kappa shape index (κ2) is 6.91. The van der Waals surface area contributed by atoms with Crippen molar-refractivity contribution in [2.24, 2.45) is 22.7 Å². The Balaban J connectivity index is 1.77. The SMILES string of the molecule is CCC(c1ccc(OS(=O)(=O)CC23CCC(CC2=O)C3(C)C)cc1)C(C)C. The standard InChI is InChI=1S/C22H32O4S/c1-6-19(15(2)3)16-7-9-18(10-8-16)26-27(24,25)14-22-12-11-17(13-20(22)23)21(22,4)5/h7-10,15,17,19H,6,11-14H2,1-5H3. The normalized spacial score (nSPS) is 27.9. The molecule has 0 heterocycles. The van der Waals surface area contributed by atoms with Crippen molar-refractivity contribution in [1.82, 2.24) is 0 Å². The molecule has 0 saturated heterocycles. The topological polar surface area (TPSA) is 60.4 Å². The van der Waals surface area contributed by atoms with Gasteiger partial charge in [-0.15, -0.1) is 0 Å². The van der Waals surface area contributed by atoms with Crippen LogP contribution in [-0.2, 0) is 14.9 Å². The van der Waals surface area contributed by atoms with E-state index >= 15 is 0 Å². The highest BCUT2D eigenvalue weighted by Gasteiger charge is 2.65. The lowest BCUT2D eigenvalue weighted by atomic mass is 9.70. The van der Waals surface area contributed by atoms with Crippen molar-refractivity contribution in [1.29, 1.82) is 0 Å². The number of benzene rings is 1. The average Bonchev–Trinajstić information content (AvgIpc) is 2.90. The number of rotatable bonds is 7. The summed E-state index contributed by atoms with van der Waals surface area (Å²) in [4.78, 5) is 12.6. The van der Waals surface area contributed by atoms with Crippen molar-refractivity contribution in [3.8, 4) is 5.75 Å². The van der Waals surface area contributed by atoms with Crippen LogP contribution in [0.15, 0.2) is 24.3 Å². The molecule has 27 heavy (non-hydrogen) atoms. The Bertz CT molecular complexity index is 807. The maximum Gasteiger partial charge on any atom is 0.310 e. The summed E-state index contributed by atoms with van der Waals surface area (Å²) in [6, 6.07) is 7.37. The van der Waals surface area contributed by atoms with Gasteiger partial charge < -0.3 is 4.18 Å². The zero-order chi connectivity index (χ0) is 20.0. The third-order valence-electron chi connectivity index (χ3n) is 7.34. The fourth-order valence-electron chi connectivity index (χ4n) is 5.45. The van der Waals surface area contributed by atoms with Gasteiger partial charge in [0.25, 0.3) is 0 Å². The molecule has 2 aliphatic carbocycles. The summed E-state index contributed by atoms with van der Waals surface area (Å²) in [5, 5.41) is 0. The second-order valence-corrected chi connectivity index (χ2v) is 10.9. The van der Waals surface area contributed by atoms with Crippen LogP contribution in [0.1, 0.15) is 71.8 Å². The number of hydrogen-bond donors (Lipinski definition) is 0. The Morgan fingerprint density at radius 1 is 1.19 bits per heavy atom. The third kappa shape index (κ3) is 3.43. The molecule has 5 heteroatoms. The Morgan fingerprint density at radius 2 is 1.81 bits per heavy atom. The van der Waals surface area contributed by atoms with Crippen LogP contribution < -0.4 is 4.18 Å². The fourth-order valence-corrected chi connectivity index (χ4v) is 7.19. The van der Waals surface area contributed by atoms with Gasteiger partial charge in [0, 0.05) is 6.42 Å². The van der Waals surface area contributed by atoms with Crippen LogP contribution in [0.25, 0.3) is 0 Å². The second-order valence-electron chi connectivity index (χ2n) is 9.28. The van der Waals surface area contributed by atoms with Crippen molar-refractivity contribution in [2.45, 2.75) is 66.2 Å². The van der Waals surface area contributed by atoms with E-state index in [-0.39, 0.29) is 17.0 Å². The highest BCUT2D eigenvalue weighted by atomic mass is 32.2. The van der Waals surface area contributed by atoms with Gasteiger partial charge in [0.2, 0.25) is 0 Å². The largest absolute Gasteiger partial charge is 0.382 e. The van der Waals surface area contributed by atoms with Crippen LogP contribution in [0.2, 0.25) is 0 Å². The smallest absolute Gasteiger partial charge is 0.310 e. The average molecular weight is 393 g/mol. The van der Waals surface area contributed by atoms with Gasteiger partial charge in [-0.1, -0.05) is 46.8 Å². The van der Waals surface area contributed by atoms with E-state index in [2.05, 4.69) is 20.8 Å². The first-order valence-corrected chi connectivity index (χ1v) is 11.7. The minimum atomic E-state index is -3.84. The van der Waals surface area contributed by atoms with E-state index in [0.717, 1.165) is 12.8 Å². The van der Waals surface area contributed by atoms with Gasteiger partial charge in [-0.2, -0.15) is 8.42 Å². The molecule has 150 valence electrons. The highest BCUT2D eigenvalue weighted by Crippen LogP contribution is 2.64. The Hall–Kier alpha value is -1.36. The summed E-state index contributed by atoms with van der Waals surface area (Å²) in [6.45, 7) is 10.6. The van der Waals surface area contributed by atoms with Crippen molar-refractivity contribution < 1.29 is 17.4 Å². The monoisotopic (exact) mass is 392 g/mol. The lowest BCUT2D eigenvalue weighted by molar-refractivity contribution is -0.128. The first-order chi connectivity index (χ1) is 12.5. The summed E-state index contributed by atoms with van der Waals surface area (Å²) >= 11 is 0. The fraction of sp³-hybridized carbons (Fsp3) is 0.682. The molecule has 3 rings (SSSR count). The van der Waals surface area contributed by atoms with Gasteiger partial charge in [-0.25, -0.2) is 0 Å². The minimum Gasteiger partial charge on any atom is -0.382 e. The number of fused-ring (bicyclic) bond motifs is 2. The van der Waals surface area contributed by atoms with Crippen molar-refractivity contribution >= 4 is 15.9 Å². The van der Waals surface area contributed by atoms with Crippen molar-refractivity contribution in [2.75, 3.05) is 5.75 Å². The molecule has 0 aliphatic heterocycles. The molecule has 0 N–H and O–H groups in total. The first-order valence-electron chi connectivity index (χ1n) is 10.1. The molecule has 2 saturated carbocycles. The van der Waals surface area contributed by atoms with Crippen LogP contribution in [-0.4, -0.2) is 20.0 Å². The number of ketones is 1. The van der Waals surface area contributed by atoms with E-state index in [4.69, 9.17) is 4.18 Å². The van der Waals surface area contributed by atoms with Crippen LogP contribution in [0, 0.1) is 22.7 Å². The molecule has 1 aromatic carbocycles. The summed E-state index contributed by atoms with van der Waals surface area (Å²) < 4.78 is 31.0. The van der Waals surface area contributed by atoms with Gasteiger partial charge in [0.15, 0.2) is 0 Å². The Morgan fingerprint density at radius 3 is 2.26 bits per heavy atom. The molecule has 2 aliphatic rings. The molecule has 2 bridgehead atoms. The van der Waals surface area contributed by atoms with E-state index in [1.165, 1.54) is 5.56 Å². The quantitative estimate of drug-likeness (QED) is 0.617. The molecule has 4 nitrogen and oxygen atoms in total. The zero-order valence-electron chi connectivity index (χ0n) is 17.1. The number of carbonyl (C=O) groups excluding carboxylic acids is 1. The van der Waals surface area contributed by atoms with E-state index in [0.29, 0.717) is 36.3 Å². The van der Waals surface area contributed by atoms with E-state index < -0.39 is 15.5 Å². The van der Waals surface area contributed by atoms with Crippen molar-refractivity contribution in [3.05, 3.63) is 29.8 Å². The number of hydrogen-bond acceptors (Lipinski definition) is 4. The Kier molecular flexibility index (Phi) is 5.21. The molecule has 2 fully saturated rings. The maximum absolute atomic E-state index is 12.8. The van der Waals surface area contributed by atoms with Gasteiger partial charge in [-0.05, 0) is 60.1 Å². The predicted molar refractivity (Wildman–Crippen MR) is 107 cm³/mol. The van der Waals surface area contributed by atoms with Gasteiger partial charge in [-0.3, -0.25) is 4.79 Å². The highest BCUT2D eigenvalue weighted by molar-refractivity contribution is 7.87. The summed E-state index contributed by atoms with van der Waals surface area (Å²) in [6.07, 6.45) is 3.12. The molecule has 0 amide bonds. The molecule has 0 radical (unpaired) electrons. The van der Waals surface area contributed by atoms with E-state index in [9.17, 15) is 13.2 Å². The predicted octanol–water partition coefficient (Wildman–Crippen LogP) is 4.94. The molecule has 0 spiro atoms. The first kappa shape index (κ1) is 20.4. The summed E-state index contributed by atoms with van der Waals surface area (Å²) in [5.74, 6) is 1.47. The maximum atomic E-state index is 12.8. The lowest BCUT2D eigenvalue weighted by Gasteiger charge is -2.35. The van der Waals surface area contributed by atoms with Gasteiger partial charge in [0.05, 0.1) is 11.2 Å². The van der Waals surface area contributed by atoms with Crippen LogP contribution in [0.3, 0.4) is 0 Å². The minimum absolute atomic E-state index is 0.0917. The van der Waals surface area contributed by atoms with Crippen LogP contribution >= 0.6 is 0 Å². The molecular formula is C22H32O4S.